The average Bonchev–Trinajstić information content (AvgIpc) is 3.20. The lowest BCUT2D eigenvalue weighted by Crippen LogP contribution is -2.48. The number of amides is 1. The summed E-state index contributed by atoms with van der Waals surface area (Å²) < 4.78 is 33.5. The van der Waals surface area contributed by atoms with E-state index in [4.69, 9.17) is 14.2 Å². The van der Waals surface area contributed by atoms with Gasteiger partial charge >= 0.3 is 0 Å². The number of nitrogens with zero attached hydrogens (tertiary/aromatic N) is 1. The van der Waals surface area contributed by atoms with Gasteiger partial charge in [-0.2, -0.15) is 0 Å². The third-order valence-electron chi connectivity index (χ3n) is 6.86. The molecule has 0 saturated carbocycles. The van der Waals surface area contributed by atoms with E-state index >= 15 is 0 Å². The van der Waals surface area contributed by atoms with Crippen LogP contribution in [0.15, 0.2) is 36.4 Å². The highest BCUT2D eigenvalue weighted by molar-refractivity contribution is 7.90. The number of ether oxygens (including phenoxy) is 3. The second-order valence-electron chi connectivity index (χ2n) is 10.9. The van der Waals surface area contributed by atoms with Gasteiger partial charge < -0.3 is 23.7 Å². The van der Waals surface area contributed by atoms with Gasteiger partial charge in [0.2, 0.25) is 0 Å². The molecule has 2 aromatic rings. The number of likely N-dealkylation sites (tertiary alicyclic amines) is 1. The van der Waals surface area contributed by atoms with Crippen LogP contribution in [0, 0.1) is 5.92 Å². The van der Waals surface area contributed by atoms with Crippen molar-refractivity contribution in [3.63, 3.8) is 0 Å². The summed E-state index contributed by atoms with van der Waals surface area (Å²) in [6.45, 7) is 11.1. The van der Waals surface area contributed by atoms with Gasteiger partial charge in [0.15, 0.2) is 11.9 Å². The normalized spacial score (nSPS) is 22.8. The number of benzene rings is 2. The van der Waals surface area contributed by atoms with Crippen molar-refractivity contribution in [2.75, 3.05) is 26.8 Å². The van der Waals surface area contributed by atoms with Gasteiger partial charge in [-0.25, -0.2) is 0 Å². The van der Waals surface area contributed by atoms with Crippen LogP contribution in [-0.2, 0) is 25.6 Å². The molecule has 2 fully saturated rings. The van der Waals surface area contributed by atoms with Crippen molar-refractivity contribution >= 4 is 28.0 Å². The van der Waals surface area contributed by atoms with E-state index < -0.39 is 28.0 Å². The summed E-state index contributed by atoms with van der Waals surface area (Å²) in [6.07, 6.45) is 1.02. The van der Waals surface area contributed by atoms with E-state index in [9.17, 15) is 9.35 Å². The van der Waals surface area contributed by atoms with E-state index in [-0.39, 0.29) is 24.5 Å². The lowest BCUT2D eigenvalue weighted by Gasteiger charge is -2.39. The SMILES string of the molecule is COc1ccc2ccccc2c1C(N[S@@+]([O-])C(C)(C)C)C1CCN(C(=O)[C@H]2COC(C)(C)O2)CC1. The van der Waals surface area contributed by atoms with Crippen LogP contribution in [-0.4, -0.2) is 58.8 Å². The number of fused-ring (bicyclic) bond motifs is 1. The number of hydrogen-bond acceptors (Lipinski definition) is 6. The number of hydrogen-bond donors (Lipinski definition) is 1. The van der Waals surface area contributed by atoms with Crippen LogP contribution in [0.5, 0.6) is 5.75 Å². The summed E-state index contributed by atoms with van der Waals surface area (Å²) in [5.41, 5.74) is 1.03. The molecule has 2 aliphatic heterocycles. The Hall–Kier alpha value is -1.84. The molecule has 192 valence electrons. The number of rotatable bonds is 6. The molecule has 2 saturated heterocycles. The molecule has 1 amide bonds. The van der Waals surface area contributed by atoms with E-state index in [0.717, 1.165) is 34.9 Å². The zero-order valence-corrected chi connectivity index (χ0v) is 22.4. The van der Waals surface area contributed by atoms with Gasteiger partial charge in [0, 0.05) is 30.0 Å². The first-order valence-electron chi connectivity index (χ1n) is 12.3. The molecule has 2 aliphatic rings. The minimum Gasteiger partial charge on any atom is -0.598 e. The van der Waals surface area contributed by atoms with Gasteiger partial charge in [-0.3, -0.25) is 4.79 Å². The molecule has 4 rings (SSSR count). The average molecular weight is 503 g/mol. The van der Waals surface area contributed by atoms with Gasteiger partial charge in [0.1, 0.15) is 10.5 Å². The van der Waals surface area contributed by atoms with E-state index in [1.165, 1.54) is 0 Å². The van der Waals surface area contributed by atoms with Crippen LogP contribution in [0.3, 0.4) is 0 Å². The van der Waals surface area contributed by atoms with E-state index in [1.807, 2.05) is 57.7 Å². The maximum absolute atomic E-state index is 13.3. The highest BCUT2D eigenvalue weighted by Gasteiger charge is 2.42. The van der Waals surface area contributed by atoms with Gasteiger partial charge in [-0.05, 0) is 70.2 Å². The predicted octanol–water partition coefficient (Wildman–Crippen LogP) is 4.33. The van der Waals surface area contributed by atoms with Gasteiger partial charge in [0.25, 0.3) is 5.91 Å². The second kappa shape index (κ2) is 10.3. The van der Waals surface area contributed by atoms with Crippen molar-refractivity contribution < 1.29 is 23.6 Å². The Labute approximate surface area is 211 Å². The van der Waals surface area contributed by atoms with E-state index in [2.05, 4.69) is 22.9 Å². The topological polar surface area (TPSA) is 83.1 Å². The fraction of sp³-hybridized carbons (Fsp3) is 0.593. The van der Waals surface area contributed by atoms with Crippen molar-refractivity contribution in [3.05, 3.63) is 42.0 Å². The number of carbonyl (C=O) groups is 1. The molecule has 3 atom stereocenters. The fourth-order valence-electron chi connectivity index (χ4n) is 4.92. The lowest BCUT2D eigenvalue weighted by molar-refractivity contribution is -0.161. The minimum absolute atomic E-state index is 0.0143. The standard InChI is InChI=1S/C27H38N2O5S/c1-26(2,3)35(31)28-24(23-20-10-8-7-9-18(20)11-12-21(23)32-6)19-13-15-29(16-14-19)25(30)22-17-33-27(4,5)34-22/h7-12,19,22,24,28H,13-17H2,1-6H3/t22-,24?,35+/m1/s1. The smallest absolute Gasteiger partial charge is 0.254 e. The maximum Gasteiger partial charge on any atom is 0.254 e. The summed E-state index contributed by atoms with van der Waals surface area (Å²) in [6, 6.07) is 12.1. The van der Waals surface area contributed by atoms with Gasteiger partial charge in [-0.15, -0.1) is 4.72 Å². The van der Waals surface area contributed by atoms with Gasteiger partial charge in [0.05, 0.1) is 19.8 Å². The molecule has 2 aromatic carbocycles. The molecule has 1 N–H and O–H groups in total. The molecular formula is C27H38N2O5S. The zero-order chi connectivity index (χ0) is 25.4. The molecule has 0 aromatic heterocycles. The molecule has 0 aliphatic carbocycles. The van der Waals surface area contributed by atoms with Crippen LogP contribution in [0.4, 0.5) is 0 Å². The molecule has 1 unspecified atom stereocenters. The van der Waals surface area contributed by atoms with Crippen LogP contribution >= 0.6 is 0 Å². The third kappa shape index (κ3) is 5.78. The van der Waals surface area contributed by atoms with Crippen LogP contribution in [0.25, 0.3) is 10.8 Å². The zero-order valence-electron chi connectivity index (χ0n) is 21.6. The third-order valence-corrected chi connectivity index (χ3v) is 8.44. The van der Waals surface area contributed by atoms with Crippen LogP contribution < -0.4 is 9.46 Å². The van der Waals surface area contributed by atoms with Crippen molar-refractivity contribution in [2.24, 2.45) is 5.92 Å². The monoisotopic (exact) mass is 502 g/mol. The number of methoxy groups -OCH3 is 1. The van der Waals surface area contributed by atoms with Crippen LogP contribution in [0.2, 0.25) is 0 Å². The Balaban J connectivity index is 1.60. The van der Waals surface area contributed by atoms with E-state index in [0.29, 0.717) is 13.1 Å². The van der Waals surface area contributed by atoms with Crippen molar-refractivity contribution in [3.8, 4) is 5.75 Å². The summed E-state index contributed by atoms with van der Waals surface area (Å²) in [4.78, 5) is 14.9. The Bertz CT molecular complexity index is 1050. The largest absolute Gasteiger partial charge is 0.598 e. The summed E-state index contributed by atoms with van der Waals surface area (Å²) >= 11 is -1.27. The van der Waals surface area contributed by atoms with Crippen molar-refractivity contribution in [1.82, 2.24) is 9.62 Å². The summed E-state index contributed by atoms with van der Waals surface area (Å²) in [7, 11) is 1.68. The fourth-order valence-corrected chi connectivity index (χ4v) is 5.82. The quantitative estimate of drug-likeness (QED) is 0.592. The minimum atomic E-state index is -1.27. The molecule has 35 heavy (non-hydrogen) atoms. The number of piperidine rings is 1. The Kier molecular flexibility index (Phi) is 7.69. The highest BCUT2D eigenvalue weighted by atomic mass is 32.2. The number of nitrogens with one attached hydrogen (secondary N) is 1. The summed E-state index contributed by atoms with van der Waals surface area (Å²) in [5.74, 6) is 0.224. The lowest BCUT2D eigenvalue weighted by atomic mass is 9.83. The molecule has 7 nitrogen and oxygen atoms in total. The van der Waals surface area contributed by atoms with Crippen molar-refractivity contribution in [2.45, 2.75) is 70.1 Å². The molecule has 0 spiro atoms. The Morgan fingerprint density at radius 3 is 2.49 bits per heavy atom. The van der Waals surface area contributed by atoms with Gasteiger partial charge in [-0.1, -0.05) is 30.3 Å². The highest BCUT2D eigenvalue weighted by Crippen LogP contribution is 2.41. The first-order chi connectivity index (χ1) is 16.5. The van der Waals surface area contributed by atoms with Crippen molar-refractivity contribution in [1.29, 1.82) is 0 Å². The van der Waals surface area contributed by atoms with Crippen LogP contribution in [0.1, 0.15) is 59.1 Å². The molecule has 2 heterocycles. The first kappa shape index (κ1) is 26.2. The second-order valence-corrected chi connectivity index (χ2v) is 12.9. The Morgan fingerprint density at radius 1 is 1.20 bits per heavy atom. The maximum atomic E-state index is 13.3. The molecule has 8 heteroatoms. The summed E-state index contributed by atoms with van der Waals surface area (Å²) in [5, 5.41) is 2.21. The Morgan fingerprint density at radius 2 is 1.89 bits per heavy atom. The first-order valence-corrected chi connectivity index (χ1v) is 13.5. The molecule has 0 radical (unpaired) electrons. The number of carbonyl (C=O) groups excluding carboxylic acids is 1. The molecule has 0 bridgehead atoms. The van der Waals surface area contributed by atoms with E-state index in [1.54, 1.807) is 7.11 Å². The predicted molar refractivity (Wildman–Crippen MR) is 138 cm³/mol. The molecular weight excluding hydrogens is 464 g/mol.